The number of sulfonamides is 1. The highest BCUT2D eigenvalue weighted by atomic mass is 32.2. The monoisotopic (exact) mass is 315 g/mol. The lowest BCUT2D eigenvalue weighted by molar-refractivity contribution is 0.559. The minimum absolute atomic E-state index is 0.200. The second-order valence-corrected chi connectivity index (χ2v) is 6.99. The van der Waals surface area contributed by atoms with Gasteiger partial charge < -0.3 is 10.6 Å². The number of hydrogen-bond donors (Lipinski definition) is 2. The van der Waals surface area contributed by atoms with Gasteiger partial charge in [0, 0.05) is 12.6 Å². The van der Waals surface area contributed by atoms with Gasteiger partial charge in [0.25, 0.3) is 0 Å². The van der Waals surface area contributed by atoms with Crippen molar-refractivity contribution >= 4 is 15.7 Å². The van der Waals surface area contributed by atoms with Gasteiger partial charge in [-0.15, -0.1) is 0 Å². The number of benzene rings is 1. The van der Waals surface area contributed by atoms with Crippen molar-refractivity contribution in [3.05, 3.63) is 24.0 Å². The molecule has 1 aromatic rings. The second-order valence-electron chi connectivity index (χ2n) is 5.43. The van der Waals surface area contributed by atoms with Crippen LogP contribution < -0.4 is 15.8 Å². The summed E-state index contributed by atoms with van der Waals surface area (Å²) in [5, 5.41) is 5.03. The molecule has 0 heterocycles. The topological polar surface area (TPSA) is 89.4 Å². The normalized spacial score (nSPS) is 16.3. The summed E-state index contributed by atoms with van der Waals surface area (Å²) in [5.41, 5.74) is 5.99. The Morgan fingerprint density at radius 3 is 2.48 bits per heavy atom. The highest BCUT2D eigenvalue weighted by molar-refractivity contribution is 7.89. The molecule has 21 heavy (non-hydrogen) atoms. The van der Waals surface area contributed by atoms with Crippen LogP contribution in [0.15, 0.2) is 23.1 Å². The Labute approximate surface area is 125 Å². The van der Waals surface area contributed by atoms with Crippen LogP contribution >= 0.6 is 0 Å². The molecule has 1 saturated carbocycles. The van der Waals surface area contributed by atoms with Gasteiger partial charge in [0.05, 0.1) is 10.6 Å². The summed E-state index contributed by atoms with van der Waals surface area (Å²) in [6, 6.07) is 4.16. The lowest BCUT2D eigenvalue weighted by atomic mass is 10.1. The zero-order valence-electron chi connectivity index (χ0n) is 12.0. The number of rotatable bonds is 6. The van der Waals surface area contributed by atoms with Crippen LogP contribution in [0.1, 0.15) is 32.1 Å². The van der Waals surface area contributed by atoms with Crippen molar-refractivity contribution in [1.82, 2.24) is 0 Å². The largest absolute Gasteiger partial charge is 0.366 e. The molecule has 118 valence electrons. The van der Waals surface area contributed by atoms with Gasteiger partial charge in [-0.3, -0.25) is 0 Å². The molecule has 4 N–H and O–H groups in total. The van der Waals surface area contributed by atoms with E-state index < -0.39 is 15.8 Å². The number of anilines is 1. The number of hydrogen-bond acceptors (Lipinski definition) is 4. The Morgan fingerprint density at radius 2 is 1.95 bits per heavy atom. The molecule has 0 atom stereocenters. The lowest BCUT2D eigenvalue weighted by Crippen LogP contribution is -2.35. The lowest BCUT2D eigenvalue weighted by Gasteiger charge is -2.31. The third kappa shape index (κ3) is 3.93. The molecule has 0 aliphatic heterocycles. The number of halogens is 1. The maximum absolute atomic E-state index is 14.3. The molecule has 2 rings (SSSR count). The van der Waals surface area contributed by atoms with Crippen LogP contribution in [0.25, 0.3) is 0 Å². The maximum Gasteiger partial charge on any atom is 0.238 e. The molecule has 1 aromatic carbocycles. The Hall–Kier alpha value is -1.18. The molecule has 0 aromatic heterocycles. The third-order valence-corrected chi connectivity index (χ3v) is 4.84. The molecular weight excluding hydrogens is 293 g/mol. The Kier molecular flexibility index (Phi) is 5.18. The van der Waals surface area contributed by atoms with E-state index >= 15 is 0 Å². The van der Waals surface area contributed by atoms with E-state index in [0.29, 0.717) is 24.8 Å². The van der Waals surface area contributed by atoms with Crippen molar-refractivity contribution in [2.24, 2.45) is 10.9 Å². The van der Waals surface area contributed by atoms with Crippen molar-refractivity contribution in [2.45, 2.75) is 43.0 Å². The summed E-state index contributed by atoms with van der Waals surface area (Å²) in [4.78, 5) is 1.82. The molecule has 0 radical (unpaired) electrons. The van der Waals surface area contributed by atoms with Gasteiger partial charge in [0.2, 0.25) is 10.0 Å². The molecule has 5 nitrogen and oxygen atoms in total. The molecule has 1 fully saturated rings. The van der Waals surface area contributed by atoms with E-state index in [2.05, 4.69) is 0 Å². The summed E-state index contributed by atoms with van der Waals surface area (Å²) in [6.07, 6.45) is 5.11. The predicted molar refractivity (Wildman–Crippen MR) is 81.0 cm³/mol. The Balaban J connectivity index is 2.30. The summed E-state index contributed by atoms with van der Waals surface area (Å²) >= 11 is 0. The molecule has 0 amide bonds. The van der Waals surface area contributed by atoms with Gasteiger partial charge in [-0.1, -0.05) is 12.8 Å². The number of primary sulfonamides is 1. The third-order valence-electron chi connectivity index (χ3n) is 3.93. The summed E-state index contributed by atoms with van der Waals surface area (Å²) < 4.78 is 36.9. The fraction of sp³-hybridized carbons (Fsp3) is 0.571. The fourth-order valence-electron chi connectivity index (χ4n) is 2.87. The first kappa shape index (κ1) is 16.2. The van der Waals surface area contributed by atoms with Gasteiger partial charge in [0.15, 0.2) is 0 Å². The standard InChI is InChI=1S/C14H22FN3O2S/c15-13-10-12(21(17,19)20)6-7-14(13)18(9-3-8-16)11-4-1-2-5-11/h6-7,10-11H,1-5,8-9,16H2,(H2,17,19,20). The zero-order chi connectivity index (χ0) is 15.5. The van der Waals surface area contributed by atoms with Gasteiger partial charge >= 0.3 is 0 Å². The first-order valence-corrected chi connectivity index (χ1v) is 8.77. The van der Waals surface area contributed by atoms with Crippen molar-refractivity contribution < 1.29 is 12.8 Å². The van der Waals surface area contributed by atoms with Gasteiger partial charge in [0.1, 0.15) is 5.82 Å². The van der Waals surface area contributed by atoms with Gasteiger partial charge in [-0.25, -0.2) is 17.9 Å². The number of nitrogens with two attached hydrogens (primary N) is 2. The number of nitrogens with zero attached hydrogens (tertiary/aromatic N) is 1. The highest BCUT2D eigenvalue weighted by Gasteiger charge is 2.25. The molecule has 1 aliphatic carbocycles. The maximum atomic E-state index is 14.3. The quantitative estimate of drug-likeness (QED) is 0.834. The van der Waals surface area contributed by atoms with Crippen LogP contribution in [0.4, 0.5) is 10.1 Å². The van der Waals surface area contributed by atoms with Crippen LogP contribution in [-0.2, 0) is 10.0 Å². The van der Waals surface area contributed by atoms with E-state index in [1.165, 1.54) is 12.1 Å². The highest BCUT2D eigenvalue weighted by Crippen LogP contribution is 2.31. The molecule has 0 unspecified atom stereocenters. The minimum Gasteiger partial charge on any atom is -0.366 e. The Morgan fingerprint density at radius 1 is 1.29 bits per heavy atom. The van der Waals surface area contributed by atoms with Crippen LogP contribution in [0, 0.1) is 5.82 Å². The predicted octanol–water partition coefficient (Wildman–Crippen LogP) is 1.57. The fourth-order valence-corrected chi connectivity index (χ4v) is 3.40. The van der Waals surface area contributed by atoms with E-state index in [1.807, 2.05) is 4.90 Å². The van der Waals surface area contributed by atoms with E-state index in [1.54, 1.807) is 0 Å². The first-order valence-electron chi connectivity index (χ1n) is 7.22. The second kappa shape index (κ2) is 6.72. The van der Waals surface area contributed by atoms with E-state index in [4.69, 9.17) is 10.9 Å². The van der Waals surface area contributed by atoms with Crippen LogP contribution in [0.3, 0.4) is 0 Å². The van der Waals surface area contributed by atoms with Crippen molar-refractivity contribution in [2.75, 3.05) is 18.0 Å². The average molecular weight is 315 g/mol. The van der Waals surface area contributed by atoms with Crippen molar-refractivity contribution in [3.63, 3.8) is 0 Å². The molecule has 0 bridgehead atoms. The zero-order valence-corrected chi connectivity index (χ0v) is 12.8. The van der Waals surface area contributed by atoms with Crippen molar-refractivity contribution in [3.8, 4) is 0 Å². The molecule has 0 saturated heterocycles. The van der Waals surface area contributed by atoms with Gasteiger partial charge in [-0.05, 0) is 44.0 Å². The summed E-state index contributed by atoms with van der Waals surface area (Å²) in [7, 11) is -3.88. The summed E-state index contributed by atoms with van der Waals surface area (Å²) in [6.45, 7) is 1.22. The van der Waals surface area contributed by atoms with E-state index in [9.17, 15) is 12.8 Å². The SMILES string of the molecule is NCCCN(c1ccc(S(N)(=O)=O)cc1F)C1CCCC1. The molecule has 1 aliphatic rings. The average Bonchev–Trinajstić information content (AvgIpc) is 2.93. The van der Waals surface area contributed by atoms with Gasteiger partial charge in [-0.2, -0.15) is 0 Å². The molecular formula is C14H22FN3O2S. The van der Waals surface area contributed by atoms with E-state index in [0.717, 1.165) is 38.2 Å². The van der Waals surface area contributed by atoms with E-state index in [-0.39, 0.29) is 4.90 Å². The molecule has 7 heteroatoms. The van der Waals surface area contributed by atoms with Crippen molar-refractivity contribution in [1.29, 1.82) is 0 Å². The molecule has 0 spiro atoms. The Bertz CT molecular complexity index is 586. The van der Waals surface area contributed by atoms with Crippen LogP contribution in [-0.4, -0.2) is 27.5 Å². The first-order chi connectivity index (χ1) is 9.93. The summed E-state index contributed by atoms with van der Waals surface area (Å²) in [5.74, 6) is -0.551. The van der Waals surface area contributed by atoms with Crippen LogP contribution in [0.2, 0.25) is 0 Å². The smallest absolute Gasteiger partial charge is 0.238 e. The van der Waals surface area contributed by atoms with Crippen LogP contribution in [0.5, 0.6) is 0 Å². The minimum atomic E-state index is -3.88.